The highest BCUT2D eigenvalue weighted by Gasteiger charge is 2.25. The molecule has 0 aliphatic carbocycles. The Morgan fingerprint density at radius 3 is 2.39 bits per heavy atom. The molecule has 3 aromatic rings. The van der Waals surface area contributed by atoms with Crippen molar-refractivity contribution in [2.45, 2.75) is 12.7 Å². The minimum Gasteiger partial charge on any atom is -0.497 e. The Morgan fingerprint density at radius 2 is 1.72 bits per heavy atom. The van der Waals surface area contributed by atoms with Crippen LogP contribution in [0.4, 0.5) is 4.39 Å². The zero-order valence-corrected chi connectivity index (χ0v) is 21.2. The van der Waals surface area contributed by atoms with Gasteiger partial charge in [0.15, 0.2) is 11.6 Å². The summed E-state index contributed by atoms with van der Waals surface area (Å²) in [5.74, 6) is 0.191. The Kier molecular flexibility index (Phi) is 8.80. The number of hydrogen-bond donors (Lipinski definition) is 0. The third-order valence-corrected chi connectivity index (χ3v) is 6.56. The lowest BCUT2D eigenvalue weighted by atomic mass is 10.1. The van der Waals surface area contributed by atoms with Gasteiger partial charge in [-0.2, -0.15) is 0 Å². The third-order valence-electron chi connectivity index (χ3n) is 6.31. The number of halogens is 2. The quantitative estimate of drug-likeness (QED) is 0.394. The predicted molar refractivity (Wildman–Crippen MR) is 137 cm³/mol. The summed E-state index contributed by atoms with van der Waals surface area (Å²) in [5.41, 5.74) is 2.38. The lowest BCUT2D eigenvalue weighted by Gasteiger charge is -2.36. The fourth-order valence-electron chi connectivity index (χ4n) is 4.24. The number of piperazine rings is 1. The van der Waals surface area contributed by atoms with E-state index in [1.807, 2.05) is 48.5 Å². The van der Waals surface area contributed by atoms with Gasteiger partial charge in [0.2, 0.25) is 0 Å². The smallest absolute Gasteiger partial charge is 0.254 e. The van der Waals surface area contributed by atoms with E-state index in [-0.39, 0.29) is 17.8 Å². The molecule has 0 bridgehead atoms. The van der Waals surface area contributed by atoms with Crippen molar-refractivity contribution in [2.24, 2.45) is 0 Å². The molecule has 1 aliphatic rings. The van der Waals surface area contributed by atoms with E-state index in [0.717, 1.165) is 16.9 Å². The van der Waals surface area contributed by atoms with Crippen molar-refractivity contribution < 1.29 is 23.4 Å². The molecule has 190 valence electrons. The monoisotopic (exact) mass is 512 g/mol. The number of benzene rings is 3. The number of nitrogens with zero attached hydrogens (tertiary/aromatic N) is 2. The minimum atomic E-state index is -0.541. The van der Waals surface area contributed by atoms with Crippen LogP contribution in [0.5, 0.6) is 11.5 Å². The second-order valence-electron chi connectivity index (χ2n) is 8.64. The van der Waals surface area contributed by atoms with E-state index in [1.54, 1.807) is 18.1 Å². The molecule has 0 spiro atoms. The molecule has 4 rings (SSSR count). The summed E-state index contributed by atoms with van der Waals surface area (Å²) in [5, 5.41) is 0.674. The molecule has 3 aromatic carbocycles. The molecule has 0 N–H and O–H groups in total. The van der Waals surface area contributed by atoms with E-state index in [2.05, 4.69) is 4.90 Å². The summed E-state index contributed by atoms with van der Waals surface area (Å²) in [6.07, 6.45) is -0.175. The first-order chi connectivity index (χ1) is 17.5. The van der Waals surface area contributed by atoms with Crippen molar-refractivity contribution in [1.82, 2.24) is 9.80 Å². The van der Waals surface area contributed by atoms with Crippen molar-refractivity contribution in [3.05, 3.63) is 94.3 Å². The van der Waals surface area contributed by atoms with E-state index in [0.29, 0.717) is 49.9 Å². The van der Waals surface area contributed by atoms with Gasteiger partial charge in [0, 0.05) is 43.3 Å². The third kappa shape index (κ3) is 6.55. The van der Waals surface area contributed by atoms with Crippen LogP contribution in [0.1, 0.15) is 27.6 Å². The highest BCUT2D eigenvalue weighted by Crippen LogP contribution is 2.25. The van der Waals surface area contributed by atoms with Crippen molar-refractivity contribution in [1.29, 1.82) is 0 Å². The fraction of sp³-hybridized carbons (Fsp3) is 0.321. The van der Waals surface area contributed by atoms with Crippen LogP contribution < -0.4 is 9.47 Å². The average molecular weight is 513 g/mol. The summed E-state index contributed by atoms with van der Waals surface area (Å²) < 4.78 is 30.7. The maximum absolute atomic E-state index is 14.1. The lowest BCUT2D eigenvalue weighted by molar-refractivity contribution is 0.00337. The highest BCUT2D eigenvalue weighted by atomic mass is 35.5. The van der Waals surface area contributed by atoms with Crippen LogP contribution in [0.2, 0.25) is 5.02 Å². The molecular formula is C28H30ClFN2O4. The van der Waals surface area contributed by atoms with Gasteiger partial charge in [0.05, 0.1) is 26.9 Å². The van der Waals surface area contributed by atoms with Crippen LogP contribution in [0, 0.1) is 5.82 Å². The molecule has 6 nitrogen and oxygen atoms in total. The van der Waals surface area contributed by atoms with Gasteiger partial charge in [-0.25, -0.2) is 4.39 Å². The van der Waals surface area contributed by atoms with Gasteiger partial charge in [-0.3, -0.25) is 9.69 Å². The molecule has 1 aliphatic heterocycles. The topological polar surface area (TPSA) is 51.2 Å². The van der Waals surface area contributed by atoms with Crippen LogP contribution >= 0.6 is 11.6 Å². The summed E-state index contributed by atoms with van der Waals surface area (Å²) in [4.78, 5) is 16.9. The summed E-state index contributed by atoms with van der Waals surface area (Å²) >= 11 is 6.10. The van der Waals surface area contributed by atoms with Crippen molar-refractivity contribution in [3.8, 4) is 11.5 Å². The Labute approximate surface area is 216 Å². The van der Waals surface area contributed by atoms with Gasteiger partial charge < -0.3 is 19.1 Å². The zero-order valence-electron chi connectivity index (χ0n) is 20.5. The molecular weight excluding hydrogens is 483 g/mol. The first-order valence-electron chi connectivity index (χ1n) is 11.8. The molecule has 36 heavy (non-hydrogen) atoms. The first kappa shape index (κ1) is 25.9. The van der Waals surface area contributed by atoms with Gasteiger partial charge in [0.25, 0.3) is 5.91 Å². The van der Waals surface area contributed by atoms with Gasteiger partial charge in [-0.15, -0.1) is 0 Å². The summed E-state index contributed by atoms with van der Waals surface area (Å²) in [6, 6.07) is 19.8. The standard InChI is InChI=1S/C28H30ClFN2O4/c1-34-24-5-3-4-20(16-24)19-36-27(21-6-9-23(29)10-7-21)18-31-12-14-32(15-13-31)28(33)22-8-11-26(35-2)25(30)17-22/h3-11,16-17,27H,12-15,18-19H2,1-2H3/t27-/m1/s1. The number of carbonyl (C=O) groups excluding carboxylic acids is 1. The fourth-order valence-corrected chi connectivity index (χ4v) is 4.37. The van der Waals surface area contributed by atoms with E-state index in [9.17, 15) is 9.18 Å². The number of hydrogen-bond acceptors (Lipinski definition) is 5. The Hall–Kier alpha value is -3.13. The Bertz CT molecular complexity index is 1170. The average Bonchev–Trinajstić information content (AvgIpc) is 2.91. The number of carbonyl (C=O) groups is 1. The predicted octanol–water partition coefficient (Wildman–Crippen LogP) is 5.21. The van der Waals surface area contributed by atoms with Crippen LogP contribution in [-0.4, -0.2) is 62.7 Å². The maximum atomic E-state index is 14.1. The first-order valence-corrected chi connectivity index (χ1v) is 12.2. The SMILES string of the molecule is COc1cccc(CO[C@H](CN2CCN(C(=O)c3ccc(OC)c(F)c3)CC2)c2ccc(Cl)cc2)c1. The van der Waals surface area contributed by atoms with Crippen LogP contribution in [-0.2, 0) is 11.3 Å². The summed E-state index contributed by atoms with van der Waals surface area (Å²) in [7, 11) is 3.04. The van der Waals surface area contributed by atoms with Crippen LogP contribution in [0.15, 0.2) is 66.7 Å². The van der Waals surface area contributed by atoms with Crippen molar-refractivity contribution in [3.63, 3.8) is 0 Å². The maximum Gasteiger partial charge on any atom is 0.254 e. The number of rotatable bonds is 9. The molecule has 0 aromatic heterocycles. The number of amides is 1. The second-order valence-corrected chi connectivity index (χ2v) is 9.08. The molecule has 0 unspecified atom stereocenters. The van der Waals surface area contributed by atoms with Crippen LogP contribution in [0.3, 0.4) is 0 Å². The lowest BCUT2D eigenvalue weighted by Crippen LogP contribution is -2.49. The molecule has 1 amide bonds. The van der Waals surface area contributed by atoms with Gasteiger partial charge in [-0.05, 0) is 53.6 Å². The van der Waals surface area contributed by atoms with Crippen molar-refractivity contribution in [2.75, 3.05) is 46.9 Å². The zero-order chi connectivity index (χ0) is 25.5. The molecule has 0 radical (unpaired) electrons. The molecule has 1 atom stereocenters. The molecule has 0 saturated carbocycles. The van der Waals surface area contributed by atoms with Crippen LogP contribution in [0.25, 0.3) is 0 Å². The van der Waals surface area contributed by atoms with E-state index in [4.69, 9.17) is 25.8 Å². The number of ether oxygens (including phenoxy) is 3. The van der Waals surface area contributed by atoms with Gasteiger partial charge in [-0.1, -0.05) is 35.9 Å². The van der Waals surface area contributed by atoms with Gasteiger partial charge in [0.1, 0.15) is 5.75 Å². The molecule has 8 heteroatoms. The van der Waals surface area contributed by atoms with E-state index in [1.165, 1.54) is 19.2 Å². The summed E-state index contributed by atoms with van der Waals surface area (Å²) in [6.45, 7) is 3.59. The highest BCUT2D eigenvalue weighted by molar-refractivity contribution is 6.30. The Balaban J connectivity index is 1.38. The number of methoxy groups -OCH3 is 2. The second kappa shape index (κ2) is 12.2. The van der Waals surface area contributed by atoms with E-state index < -0.39 is 5.82 Å². The normalized spacial score (nSPS) is 14.9. The Morgan fingerprint density at radius 1 is 0.972 bits per heavy atom. The van der Waals surface area contributed by atoms with Gasteiger partial charge >= 0.3 is 0 Å². The largest absolute Gasteiger partial charge is 0.497 e. The molecule has 1 heterocycles. The van der Waals surface area contributed by atoms with E-state index >= 15 is 0 Å². The molecule has 1 fully saturated rings. The molecule has 1 saturated heterocycles. The van der Waals surface area contributed by atoms with Crippen molar-refractivity contribution >= 4 is 17.5 Å². The minimum absolute atomic E-state index is 0.124.